The van der Waals surface area contributed by atoms with E-state index in [0.717, 1.165) is 10.9 Å². The molecule has 7 nitrogen and oxygen atoms in total. The summed E-state index contributed by atoms with van der Waals surface area (Å²) in [6, 6.07) is 6.45. The Morgan fingerprint density at radius 3 is 2.19 bits per heavy atom. The van der Waals surface area contributed by atoms with Crippen LogP contribution in [0, 0.1) is 29.1 Å². The van der Waals surface area contributed by atoms with Crippen LogP contribution in [-0.2, 0) is 11.3 Å². The van der Waals surface area contributed by atoms with Crippen LogP contribution in [0.25, 0.3) is 0 Å². The van der Waals surface area contributed by atoms with Gasteiger partial charge in [0, 0.05) is 12.3 Å². The Morgan fingerprint density at radius 2 is 1.55 bits per heavy atom. The summed E-state index contributed by atoms with van der Waals surface area (Å²) in [5.74, 6) is -11.1. The Hall–Kier alpha value is -3.96. The molecule has 162 valence electrons. The van der Waals surface area contributed by atoms with Gasteiger partial charge >= 0.3 is 12.0 Å². The maximum absolute atomic E-state index is 13.8. The van der Waals surface area contributed by atoms with Crippen LogP contribution >= 0.6 is 0 Å². The lowest BCUT2D eigenvalue weighted by Crippen LogP contribution is -2.21. The van der Waals surface area contributed by atoms with Gasteiger partial charge in [0.1, 0.15) is 0 Å². The molecular formula is C19H13F5N4O3. The number of aromatic nitrogens is 2. The standard InChI is InChI=1S/C19H13F5N4O3/c1-31-18(29)9-4-2-3-5-11(9)25-19(30)26-12-6-7-28(27-12)8-10-13(20)15(22)17(24)16(23)14(10)21/h2-7H,8H2,1H3,(H2,25,26,27,30). The van der Waals surface area contributed by atoms with Gasteiger partial charge in [-0.1, -0.05) is 12.1 Å². The maximum Gasteiger partial charge on any atom is 0.339 e. The number of carbonyl (C=O) groups excluding carboxylic acids is 2. The van der Waals surface area contributed by atoms with Crippen LogP contribution in [0.4, 0.5) is 38.3 Å². The van der Waals surface area contributed by atoms with Gasteiger partial charge in [0.2, 0.25) is 5.82 Å². The fraction of sp³-hybridized carbons (Fsp3) is 0.105. The number of methoxy groups -OCH3 is 1. The summed E-state index contributed by atoms with van der Waals surface area (Å²) in [4.78, 5) is 23.9. The minimum Gasteiger partial charge on any atom is -0.465 e. The van der Waals surface area contributed by atoms with Crippen LogP contribution in [0.1, 0.15) is 15.9 Å². The zero-order valence-electron chi connectivity index (χ0n) is 15.7. The van der Waals surface area contributed by atoms with Crippen molar-refractivity contribution in [3.63, 3.8) is 0 Å². The molecule has 0 aliphatic heterocycles. The summed E-state index contributed by atoms with van der Waals surface area (Å²) in [7, 11) is 1.18. The van der Waals surface area contributed by atoms with Crippen LogP contribution in [0.15, 0.2) is 36.5 Å². The van der Waals surface area contributed by atoms with Crippen molar-refractivity contribution in [1.82, 2.24) is 9.78 Å². The lowest BCUT2D eigenvalue weighted by Gasteiger charge is -2.10. The lowest BCUT2D eigenvalue weighted by atomic mass is 10.1. The first-order valence-electron chi connectivity index (χ1n) is 8.52. The minimum absolute atomic E-state index is 0.0862. The predicted molar refractivity (Wildman–Crippen MR) is 98.0 cm³/mol. The average molecular weight is 440 g/mol. The summed E-state index contributed by atoms with van der Waals surface area (Å²) in [6.45, 7) is -0.778. The van der Waals surface area contributed by atoms with E-state index < -0.39 is 53.2 Å². The molecule has 1 heterocycles. The van der Waals surface area contributed by atoms with E-state index in [1.54, 1.807) is 12.1 Å². The van der Waals surface area contributed by atoms with E-state index in [1.807, 2.05) is 0 Å². The number of carbonyl (C=O) groups is 2. The Balaban J connectivity index is 1.73. The number of nitrogens with zero attached hydrogens (tertiary/aromatic N) is 2. The molecule has 0 radical (unpaired) electrons. The molecule has 31 heavy (non-hydrogen) atoms. The SMILES string of the molecule is COC(=O)c1ccccc1NC(=O)Nc1ccn(Cc2c(F)c(F)c(F)c(F)c2F)n1. The number of nitrogens with one attached hydrogen (secondary N) is 2. The van der Waals surface area contributed by atoms with Crippen LogP contribution in [0.3, 0.4) is 0 Å². The highest BCUT2D eigenvalue weighted by Crippen LogP contribution is 2.24. The molecule has 0 saturated carbocycles. The van der Waals surface area contributed by atoms with Crippen molar-refractivity contribution >= 4 is 23.5 Å². The first kappa shape index (κ1) is 21.7. The lowest BCUT2D eigenvalue weighted by molar-refractivity contribution is 0.0602. The van der Waals surface area contributed by atoms with Crippen molar-refractivity contribution in [3.8, 4) is 0 Å². The first-order chi connectivity index (χ1) is 14.7. The topological polar surface area (TPSA) is 85.2 Å². The second-order valence-corrected chi connectivity index (χ2v) is 6.06. The average Bonchev–Trinajstić information content (AvgIpc) is 3.20. The number of hydrogen-bond acceptors (Lipinski definition) is 4. The van der Waals surface area contributed by atoms with Crippen molar-refractivity contribution in [2.45, 2.75) is 6.54 Å². The number of anilines is 2. The second kappa shape index (κ2) is 8.81. The van der Waals surface area contributed by atoms with E-state index in [2.05, 4.69) is 20.5 Å². The van der Waals surface area contributed by atoms with Crippen molar-refractivity contribution in [2.24, 2.45) is 0 Å². The number of para-hydroxylation sites is 1. The predicted octanol–water partition coefficient (Wildman–Crippen LogP) is 4.06. The smallest absolute Gasteiger partial charge is 0.339 e. The number of urea groups is 1. The number of hydrogen-bond donors (Lipinski definition) is 2. The van der Waals surface area contributed by atoms with Gasteiger partial charge in [0.05, 0.1) is 30.5 Å². The highest BCUT2D eigenvalue weighted by Gasteiger charge is 2.26. The molecule has 3 aromatic rings. The Kier molecular flexibility index (Phi) is 6.18. The molecule has 0 spiro atoms. The van der Waals surface area contributed by atoms with Crippen LogP contribution in [0.2, 0.25) is 0 Å². The van der Waals surface area contributed by atoms with Crippen molar-refractivity contribution in [2.75, 3.05) is 17.7 Å². The van der Waals surface area contributed by atoms with Gasteiger partial charge in [-0.2, -0.15) is 5.10 Å². The van der Waals surface area contributed by atoms with E-state index in [0.29, 0.717) is 0 Å². The Bertz CT molecular complexity index is 1140. The summed E-state index contributed by atoms with van der Waals surface area (Å²) < 4.78 is 72.8. The zero-order valence-corrected chi connectivity index (χ0v) is 15.7. The number of halogens is 5. The molecule has 3 rings (SSSR count). The summed E-state index contributed by atoms with van der Waals surface area (Å²) in [6.07, 6.45) is 1.16. The van der Waals surface area contributed by atoms with Gasteiger partial charge in [-0.25, -0.2) is 31.5 Å². The van der Waals surface area contributed by atoms with Gasteiger partial charge in [-0.15, -0.1) is 0 Å². The maximum atomic E-state index is 13.8. The van der Waals surface area contributed by atoms with Crippen molar-refractivity contribution in [1.29, 1.82) is 0 Å². The Labute approximate surface area is 171 Å². The molecule has 0 fully saturated rings. The third kappa shape index (κ3) is 4.47. The largest absolute Gasteiger partial charge is 0.465 e. The van der Waals surface area contributed by atoms with Crippen LogP contribution in [0.5, 0.6) is 0 Å². The fourth-order valence-corrected chi connectivity index (χ4v) is 2.62. The van der Waals surface area contributed by atoms with E-state index in [9.17, 15) is 31.5 Å². The van der Waals surface area contributed by atoms with Crippen LogP contribution < -0.4 is 10.6 Å². The highest BCUT2D eigenvalue weighted by atomic mass is 19.2. The zero-order chi connectivity index (χ0) is 22.7. The Morgan fingerprint density at radius 1 is 0.935 bits per heavy atom. The molecule has 0 aliphatic carbocycles. The summed E-state index contributed by atoms with van der Waals surface area (Å²) >= 11 is 0. The fourth-order valence-electron chi connectivity index (χ4n) is 2.62. The van der Waals surface area contributed by atoms with Gasteiger partial charge in [-0.05, 0) is 12.1 Å². The van der Waals surface area contributed by atoms with E-state index in [-0.39, 0.29) is 17.1 Å². The molecule has 2 aromatic carbocycles. The molecule has 0 aliphatic rings. The number of ether oxygens (including phenoxy) is 1. The molecule has 2 N–H and O–H groups in total. The molecular weight excluding hydrogens is 427 g/mol. The minimum atomic E-state index is -2.26. The van der Waals surface area contributed by atoms with Gasteiger partial charge in [0.15, 0.2) is 29.1 Å². The quantitative estimate of drug-likeness (QED) is 0.271. The molecule has 12 heteroatoms. The van der Waals surface area contributed by atoms with Gasteiger partial charge in [0.25, 0.3) is 0 Å². The van der Waals surface area contributed by atoms with E-state index in [4.69, 9.17) is 0 Å². The van der Waals surface area contributed by atoms with Gasteiger partial charge < -0.3 is 10.1 Å². The molecule has 0 bridgehead atoms. The molecule has 1 aromatic heterocycles. The number of rotatable bonds is 5. The highest BCUT2D eigenvalue weighted by molar-refractivity contribution is 6.04. The van der Waals surface area contributed by atoms with E-state index in [1.165, 1.54) is 25.3 Å². The van der Waals surface area contributed by atoms with Gasteiger partial charge in [-0.3, -0.25) is 10.00 Å². The monoisotopic (exact) mass is 440 g/mol. The number of amides is 2. The molecule has 0 saturated heterocycles. The normalized spacial score (nSPS) is 10.6. The molecule has 2 amide bonds. The second-order valence-electron chi connectivity index (χ2n) is 6.06. The third-order valence-electron chi connectivity index (χ3n) is 4.08. The molecule has 0 atom stereocenters. The van der Waals surface area contributed by atoms with Crippen LogP contribution in [-0.4, -0.2) is 28.9 Å². The van der Waals surface area contributed by atoms with E-state index >= 15 is 0 Å². The first-order valence-corrected chi connectivity index (χ1v) is 8.52. The number of benzene rings is 2. The summed E-state index contributed by atoms with van der Waals surface area (Å²) in [5.41, 5.74) is -0.841. The third-order valence-corrected chi connectivity index (χ3v) is 4.08. The van der Waals surface area contributed by atoms with Crippen molar-refractivity contribution in [3.05, 3.63) is 76.7 Å². The van der Waals surface area contributed by atoms with Crippen molar-refractivity contribution < 1.29 is 36.3 Å². The summed E-state index contributed by atoms with van der Waals surface area (Å²) in [5, 5.41) is 8.53. The molecule has 0 unspecified atom stereocenters. The number of esters is 1.